The molecule has 8 nitrogen and oxygen atoms in total. The molecule has 0 aliphatic carbocycles. The van der Waals surface area contributed by atoms with Crippen LogP contribution in [0.4, 0.5) is 0 Å². The van der Waals surface area contributed by atoms with Gasteiger partial charge in [-0.1, -0.05) is 159 Å². The lowest BCUT2D eigenvalue weighted by molar-refractivity contribution is -0.158. The molecule has 6 atom stereocenters. The summed E-state index contributed by atoms with van der Waals surface area (Å²) in [7, 11) is 3.32. The van der Waals surface area contributed by atoms with Crippen molar-refractivity contribution in [1.29, 1.82) is 0 Å². The SMILES string of the molecule is C=CC[C@@]1(CCOCc2ccc(OC)cc2)C[C@H](c2cccc(Cl)c2)[C@@H](c2ccc(Cl)cc2)N(C(CC)CC)C1=O.C=CC[C@]1(CCOCc2ccc(OC)cc2)C[C@H](c2cccc(Cl)c2)[C@@H](c2ccc(Cl)cc2)N(C(CC)CC)C1=O. The number of allylic oxidation sites excluding steroid dienone is 2. The lowest BCUT2D eigenvalue weighted by Crippen LogP contribution is -2.56. The Balaban J connectivity index is 0.000000236. The van der Waals surface area contributed by atoms with Crippen molar-refractivity contribution in [2.45, 2.75) is 141 Å². The molecule has 8 rings (SSSR count). The Morgan fingerprint density at radius 1 is 0.500 bits per heavy atom. The molecule has 2 aliphatic rings. The molecule has 0 bridgehead atoms. The maximum atomic E-state index is 14.8. The van der Waals surface area contributed by atoms with Gasteiger partial charge in [0.1, 0.15) is 11.5 Å². The molecule has 2 heterocycles. The third-order valence-electron chi connectivity index (χ3n) is 17.0. The van der Waals surface area contributed by atoms with E-state index in [0.717, 1.165) is 70.6 Å². The molecule has 0 radical (unpaired) electrons. The minimum Gasteiger partial charge on any atom is -0.497 e. The van der Waals surface area contributed by atoms with E-state index < -0.39 is 10.8 Å². The second-order valence-electron chi connectivity index (χ2n) is 21.9. The summed E-state index contributed by atoms with van der Waals surface area (Å²) < 4.78 is 22.9. The third kappa shape index (κ3) is 15.6. The number of benzene rings is 6. The van der Waals surface area contributed by atoms with E-state index in [0.29, 0.717) is 85.0 Å². The first-order chi connectivity index (χ1) is 39.7. The molecule has 2 fully saturated rings. The summed E-state index contributed by atoms with van der Waals surface area (Å²) in [4.78, 5) is 33.9. The summed E-state index contributed by atoms with van der Waals surface area (Å²) in [6.07, 6.45) is 11.0. The molecule has 82 heavy (non-hydrogen) atoms. The molecule has 6 aromatic carbocycles. The van der Waals surface area contributed by atoms with Gasteiger partial charge in [0, 0.05) is 57.2 Å². The first kappa shape index (κ1) is 64.0. The Morgan fingerprint density at radius 2 is 0.854 bits per heavy atom. The van der Waals surface area contributed by atoms with Gasteiger partial charge in [0.15, 0.2) is 0 Å². The highest BCUT2D eigenvalue weighted by Gasteiger charge is 2.54. The number of hydrogen-bond acceptors (Lipinski definition) is 6. The number of methoxy groups -OCH3 is 2. The highest BCUT2D eigenvalue weighted by atomic mass is 35.5. The summed E-state index contributed by atoms with van der Waals surface area (Å²) in [5.74, 6) is 2.06. The number of rotatable bonds is 26. The molecule has 0 unspecified atom stereocenters. The van der Waals surface area contributed by atoms with E-state index in [1.165, 1.54) is 0 Å². The molecule has 2 amide bonds. The van der Waals surface area contributed by atoms with Gasteiger partial charge in [0.25, 0.3) is 0 Å². The maximum Gasteiger partial charge on any atom is 0.229 e. The number of piperidine rings is 2. The first-order valence-corrected chi connectivity index (χ1v) is 30.5. The van der Waals surface area contributed by atoms with E-state index in [4.69, 9.17) is 65.4 Å². The topological polar surface area (TPSA) is 77.5 Å². The average Bonchev–Trinajstić information content (AvgIpc) is 3.52. The molecule has 2 saturated heterocycles. The molecule has 0 saturated carbocycles. The van der Waals surface area contributed by atoms with Crippen LogP contribution in [0.25, 0.3) is 0 Å². The van der Waals surface area contributed by atoms with Gasteiger partial charge in [0.05, 0.1) is 50.3 Å². The van der Waals surface area contributed by atoms with Crippen molar-refractivity contribution in [2.75, 3.05) is 27.4 Å². The van der Waals surface area contributed by atoms with Crippen molar-refractivity contribution in [3.05, 3.63) is 224 Å². The summed E-state index contributed by atoms with van der Waals surface area (Å²) in [5.41, 5.74) is 5.29. The van der Waals surface area contributed by atoms with Crippen molar-refractivity contribution in [2.24, 2.45) is 10.8 Å². The fraction of sp³-hybridized carbons (Fsp3) is 0.400. The van der Waals surface area contributed by atoms with Crippen molar-refractivity contribution in [3.8, 4) is 11.5 Å². The molecule has 6 aromatic rings. The summed E-state index contributed by atoms with van der Waals surface area (Å²) in [5, 5.41) is 2.75. The fourth-order valence-corrected chi connectivity index (χ4v) is 13.3. The monoisotopic (exact) mass is 1190 g/mol. The number of carbonyl (C=O) groups excluding carboxylic acids is 2. The molecular formula is C70H82Cl4N2O6. The van der Waals surface area contributed by atoms with E-state index in [1.54, 1.807) is 14.2 Å². The van der Waals surface area contributed by atoms with Gasteiger partial charge in [-0.25, -0.2) is 0 Å². The van der Waals surface area contributed by atoms with Crippen molar-refractivity contribution < 1.29 is 28.5 Å². The van der Waals surface area contributed by atoms with E-state index in [2.05, 4.69) is 99.2 Å². The van der Waals surface area contributed by atoms with E-state index in [9.17, 15) is 9.59 Å². The van der Waals surface area contributed by atoms with E-state index >= 15 is 0 Å². The van der Waals surface area contributed by atoms with Gasteiger partial charge in [-0.15, -0.1) is 13.2 Å². The zero-order chi connectivity index (χ0) is 58.8. The van der Waals surface area contributed by atoms with Gasteiger partial charge < -0.3 is 28.7 Å². The van der Waals surface area contributed by atoms with Crippen molar-refractivity contribution in [1.82, 2.24) is 9.80 Å². The molecule has 0 aromatic heterocycles. The molecular weight excluding hydrogens is 1110 g/mol. The Kier molecular flexibility index (Phi) is 24.0. The number of nitrogens with zero attached hydrogens (tertiary/aromatic N) is 2. The second kappa shape index (κ2) is 30.8. The van der Waals surface area contributed by atoms with E-state index in [1.807, 2.05) is 109 Å². The fourth-order valence-electron chi connectivity index (χ4n) is 12.6. The predicted molar refractivity (Wildman–Crippen MR) is 337 cm³/mol. The zero-order valence-electron chi connectivity index (χ0n) is 48.6. The van der Waals surface area contributed by atoms with Crippen molar-refractivity contribution >= 4 is 58.2 Å². The Morgan fingerprint density at radius 3 is 1.16 bits per heavy atom. The van der Waals surface area contributed by atoms with Crippen LogP contribution in [0.1, 0.15) is 149 Å². The standard InChI is InChI=1S/2C35H41Cl2NO3/c2*1-5-19-35(20-21-41-24-25-11-17-31(40-4)18-12-25)23-32(27-9-8-10-29(37)22-27)33(26-13-15-28(36)16-14-26)38(34(35)39)30(6-2)7-3/h2*5,8-18,22,30,32-33H,1,6-7,19-21,23-24H2,2-4H3/t32-,33-,35+;32-,33-,35-/m11/s1. The van der Waals surface area contributed by atoms with Crippen LogP contribution >= 0.6 is 46.4 Å². The number of ether oxygens (including phenoxy) is 4. The van der Waals surface area contributed by atoms with Crippen LogP contribution in [0.3, 0.4) is 0 Å². The van der Waals surface area contributed by atoms with Crippen LogP contribution in [0.5, 0.6) is 11.5 Å². The lowest BCUT2D eigenvalue weighted by atomic mass is 9.64. The highest BCUT2D eigenvalue weighted by molar-refractivity contribution is 6.31. The summed E-state index contributed by atoms with van der Waals surface area (Å²) >= 11 is 25.7. The second-order valence-corrected chi connectivity index (χ2v) is 23.7. The molecule has 0 spiro atoms. The summed E-state index contributed by atoms with van der Waals surface area (Å²) in [6, 6.07) is 47.8. The largest absolute Gasteiger partial charge is 0.497 e. The Hall–Kier alpha value is -5.58. The van der Waals surface area contributed by atoms with Crippen LogP contribution < -0.4 is 9.47 Å². The minimum absolute atomic E-state index is 0.0368. The van der Waals surface area contributed by atoms with Crippen molar-refractivity contribution in [3.63, 3.8) is 0 Å². The van der Waals surface area contributed by atoms with Gasteiger partial charge in [0.2, 0.25) is 11.8 Å². The number of carbonyl (C=O) groups is 2. The summed E-state index contributed by atoms with van der Waals surface area (Å²) in [6.45, 7) is 18.7. The number of likely N-dealkylation sites (tertiary alicyclic amines) is 2. The molecule has 436 valence electrons. The Bertz CT molecular complexity index is 2780. The highest BCUT2D eigenvalue weighted by Crippen LogP contribution is 2.56. The van der Waals surface area contributed by atoms with Crippen LogP contribution in [-0.2, 0) is 32.3 Å². The zero-order valence-corrected chi connectivity index (χ0v) is 51.7. The van der Waals surface area contributed by atoms with Gasteiger partial charge in [-0.3, -0.25) is 9.59 Å². The number of halogens is 4. The maximum absolute atomic E-state index is 14.8. The van der Waals surface area contributed by atoms with Crippen LogP contribution in [-0.4, -0.2) is 61.1 Å². The van der Waals surface area contributed by atoms with Crippen LogP contribution in [0.2, 0.25) is 20.1 Å². The van der Waals surface area contributed by atoms with Gasteiger partial charge in [-0.05, 0) is 170 Å². The quantitative estimate of drug-likeness (QED) is 0.0398. The first-order valence-electron chi connectivity index (χ1n) is 29.0. The lowest BCUT2D eigenvalue weighted by Gasteiger charge is -2.53. The third-order valence-corrected chi connectivity index (χ3v) is 18.0. The van der Waals surface area contributed by atoms with Crippen LogP contribution in [0, 0.1) is 10.8 Å². The Labute approximate surface area is 508 Å². The van der Waals surface area contributed by atoms with E-state index in [-0.39, 0.29) is 47.8 Å². The number of hydrogen-bond donors (Lipinski definition) is 0. The predicted octanol–water partition coefficient (Wildman–Crippen LogP) is 18.8. The van der Waals surface area contributed by atoms with Gasteiger partial charge in [-0.2, -0.15) is 0 Å². The molecule has 2 aliphatic heterocycles. The minimum atomic E-state index is -0.639. The van der Waals surface area contributed by atoms with Gasteiger partial charge >= 0.3 is 0 Å². The smallest absolute Gasteiger partial charge is 0.229 e. The molecule has 0 N–H and O–H groups in total. The molecule has 12 heteroatoms. The normalized spacial score (nSPS) is 20.8. The number of amides is 2. The average molecular weight is 1190 g/mol. The van der Waals surface area contributed by atoms with Crippen LogP contribution in [0.15, 0.2) is 171 Å².